The molecule has 1 aromatic rings. The van der Waals surface area contributed by atoms with Crippen LogP contribution in [-0.2, 0) is 5.41 Å². The molecule has 0 amide bonds. The van der Waals surface area contributed by atoms with E-state index in [4.69, 9.17) is 4.74 Å². The first kappa shape index (κ1) is 12.9. The molecule has 0 radical (unpaired) electrons. The quantitative estimate of drug-likeness (QED) is 0.740. The molecule has 0 N–H and O–H groups in total. The monoisotopic (exact) mass is 296 g/mol. The number of rotatable bonds is 2. The number of halogens is 1. The summed E-state index contributed by atoms with van der Waals surface area (Å²) in [5.41, 5.74) is 1.53. The Morgan fingerprint density at radius 2 is 1.88 bits per heavy atom. The first-order valence-corrected chi connectivity index (χ1v) is 7.21. The molecule has 1 aliphatic rings. The van der Waals surface area contributed by atoms with E-state index in [0.717, 1.165) is 29.5 Å². The van der Waals surface area contributed by atoms with Gasteiger partial charge in [0.1, 0.15) is 11.4 Å². The molecule has 0 fully saturated rings. The Hall–Kier alpha value is -0.500. The van der Waals surface area contributed by atoms with E-state index in [9.17, 15) is 0 Å². The van der Waals surface area contributed by atoms with Crippen molar-refractivity contribution >= 4 is 15.9 Å². The number of benzene rings is 1. The fourth-order valence-electron chi connectivity index (χ4n) is 2.93. The van der Waals surface area contributed by atoms with Crippen molar-refractivity contribution in [2.45, 2.75) is 58.0 Å². The molecule has 1 aromatic carbocycles. The molecule has 2 rings (SSSR count). The van der Waals surface area contributed by atoms with Gasteiger partial charge in [0.2, 0.25) is 0 Å². The van der Waals surface area contributed by atoms with Gasteiger partial charge < -0.3 is 4.74 Å². The molecule has 17 heavy (non-hydrogen) atoms. The Labute approximate surface area is 113 Å². The van der Waals surface area contributed by atoms with Crippen molar-refractivity contribution in [3.8, 4) is 5.75 Å². The van der Waals surface area contributed by atoms with E-state index in [2.05, 4.69) is 61.8 Å². The Balaban J connectivity index is 2.50. The molecule has 0 spiro atoms. The highest BCUT2D eigenvalue weighted by molar-refractivity contribution is 9.10. The summed E-state index contributed by atoms with van der Waals surface area (Å²) in [7, 11) is 0. The summed E-state index contributed by atoms with van der Waals surface area (Å²) in [6.07, 6.45) is 3.24. The number of hydrogen-bond acceptors (Lipinski definition) is 1. The highest BCUT2D eigenvalue weighted by Crippen LogP contribution is 2.47. The van der Waals surface area contributed by atoms with Crippen LogP contribution in [-0.4, -0.2) is 5.60 Å². The average Bonchev–Trinajstić information content (AvgIpc) is 2.29. The largest absolute Gasteiger partial charge is 0.487 e. The highest BCUT2D eigenvalue weighted by atomic mass is 79.9. The molecular weight excluding hydrogens is 276 g/mol. The second-order valence-electron chi connectivity index (χ2n) is 5.69. The molecular formula is C15H21BrO. The molecule has 94 valence electrons. The minimum atomic E-state index is 0.0182. The van der Waals surface area contributed by atoms with E-state index in [-0.39, 0.29) is 11.0 Å². The first-order valence-electron chi connectivity index (χ1n) is 6.41. The fourth-order valence-corrected chi connectivity index (χ4v) is 3.30. The van der Waals surface area contributed by atoms with Gasteiger partial charge in [0, 0.05) is 10.0 Å². The average molecular weight is 297 g/mol. The summed E-state index contributed by atoms with van der Waals surface area (Å²) in [5, 5.41) is 0. The van der Waals surface area contributed by atoms with E-state index in [0.29, 0.717) is 0 Å². The van der Waals surface area contributed by atoms with Crippen LogP contribution in [0, 0.1) is 0 Å². The lowest BCUT2D eigenvalue weighted by Gasteiger charge is -2.45. The van der Waals surface area contributed by atoms with Crippen LogP contribution in [0.4, 0.5) is 0 Å². The van der Waals surface area contributed by atoms with Gasteiger partial charge in [0.25, 0.3) is 0 Å². The van der Waals surface area contributed by atoms with Gasteiger partial charge in [-0.3, -0.25) is 0 Å². The fraction of sp³-hybridized carbons (Fsp3) is 0.600. The third-order valence-electron chi connectivity index (χ3n) is 4.05. The van der Waals surface area contributed by atoms with Gasteiger partial charge in [-0.05, 0) is 42.9 Å². The highest BCUT2D eigenvalue weighted by Gasteiger charge is 2.42. The second-order valence-corrected chi connectivity index (χ2v) is 6.61. The number of fused-ring (bicyclic) bond motifs is 1. The predicted molar refractivity (Wildman–Crippen MR) is 75.7 cm³/mol. The molecule has 0 bridgehead atoms. The summed E-state index contributed by atoms with van der Waals surface area (Å²) in [4.78, 5) is 0. The lowest BCUT2D eigenvalue weighted by molar-refractivity contribution is 0.0117. The second kappa shape index (κ2) is 4.31. The maximum atomic E-state index is 6.29. The van der Waals surface area contributed by atoms with E-state index in [1.807, 2.05) is 0 Å². The zero-order valence-corrected chi connectivity index (χ0v) is 12.7. The van der Waals surface area contributed by atoms with Crippen molar-refractivity contribution in [3.05, 3.63) is 28.2 Å². The van der Waals surface area contributed by atoms with Crippen LogP contribution in [0.3, 0.4) is 0 Å². The zero-order valence-electron chi connectivity index (χ0n) is 11.1. The molecule has 0 saturated heterocycles. The predicted octanol–water partition coefficient (Wildman–Crippen LogP) is 5.07. The third kappa shape index (κ3) is 2.24. The lowest BCUT2D eigenvalue weighted by Crippen LogP contribution is -2.45. The molecule has 0 aliphatic carbocycles. The van der Waals surface area contributed by atoms with Gasteiger partial charge in [-0.1, -0.05) is 43.6 Å². The summed E-state index contributed by atoms with van der Waals surface area (Å²) in [6.45, 7) is 9.09. The van der Waals surface area contributed by atoms with Crippen LogP contribution < -0.4 is 4.74 Å². The van der Waals surface area contributed by atoms with Gasteiger partial charge in [0.15, 0.2) is 0 Å². The van der Waals surface area contributed by atoms with E-state index in [1.165, 1.54) is 5.56 Å². The van der Waals surface area contributed by atoms with Crippen LogP contribution in [0.15, 0.2) is 22.7 Å². The van der Waals surface area contributed by atoms with Crippen molar-refractivity contribution in [1.29, 1.82) is 0 Å². The van der Waals surface area contributed by atoms with Crippen LogP contribution >= 0.6 is 15.9 Å². The maximum absolute atomic E-state index is 6.29. The van der Waals surface area contributed by atoms with Crippen LogP contribution in [0.25, 0.3) is 0 Å². The van der Waals surface area contributed by atoms with Gasteiger partial charge in [0.05, 0.1) is 0 Å². The third-order valence-corrected chi connectivity index (χ3v) is 4.54. The smallest absolute Gasteiger partial charge is 0.123 e. The summed E-state index contributed by atoms with van der Waals surface area (Å²) >= 11 is 3.55. The molecule has 2 heteroatoms. The van der Waals surface area contributed by atoms with Crippen molar-refractivity contribution < 1.29 is 4.74 Å². The normalized spacial score (nSPS) is 20.5. The number of hydrogen-bond donors (Lipinski definition) is 0. The van der Waals surface area contributed by atoms with Crippen molar-refractivity contribution in [3.63, 3.8) is 0 Å². The van der Waals surface area contributed by atoms with E-state index >= 15 is 0 Å². The summed E-state index contributed by atoms with van der Waals surface area (Å²) in [6, 6.07) is 6.36. The van der Waals surface area contributed by atoms with Gasteiger partial charge in [-0.2, -0.15) is 0 Å². The topological polar surface area (TPSA) is 9.23 Å². The van der Waals surface area contributed by atoms with Crippen molar-refractivity contribution in [2.24, 2.45) is 0 Å². The van der Waals surface area contributed by atoms with Crippen LogP contribution in [0.5, 0.6) is 5.75 Å². The van der Waals surface area contributed by atoms with Crippen molar-refractivity contribution in [1.82, 2.24) is 0 Å². The Bertz CT molecular complexity index is 419. The van der Waals surface area contributed by atoms with E-state index < -0.39 is 0 Å². The summed E-state index contributed by atoms with van der Waals surface area (Å²) < 4.78 is 7.42. The Morgan fingerprint density at radius 1 is 1.24 bits per heavy atom. The molecule has 0 unspecified atom stereocenters. The van der Waals surface area contributed by atoms with Gasteiger partial charge >= 0.3 is 0 Å². The molecule has 1 aliphatic heterocycles. The Morgan fingerprint density at radius 3 is 2.47 bits per heavy atom. The van der Waals surface area contributed by atoms with Crippen LogP contribution in [0.1, 0.15) is 52.5 Å². The lowest BCUT2D eigenvalue weighted by atomic mass is 9.71. The van der Waals surface area contributed by atoms with Gasteiger partial charge in [-0.15, -0.1) is 0 Å². The molecule has 1 nitrogen and oxygen atoms in total. The minimum Gasteiger partial charge on any atom is -0.487 e. The SMILES string of the molecule is CCC1(CC)CC(C)(C)c2cc(Br)ccc2O1. The van der Waals surface area contributed by atoms with Crippen LogP contribution in [0.2, 0.25) is 0 Å². The molecule has 0 aromatic heterocycles. The standard InChI is InChI=1S/C15H21BrO/c1-5-15(6-2)10-14(3,4)12-9-11(16)7-8-13(12)17-15/h7-9H,5-6,10H2,1-4H3. The summed E-state index contributed by atoms with van der Waals surface area (Å²) in [5.74, 6) is 1.06. The van der Waals surface area contributed by atoms with Gasteiger partial charge in [-0.25, -0.2) is 0 Å². The first-order chi connectivity index (χ1) is 7.92. The molecule has 1 heterocycles. The Kier molecular flexibility index (Phi) is 3.28. The van der Waals surface area contributed by atoms with E-state index in [1.54, 1.807) is 0 Å². The zero-order chi connectivity index (χ0) is 12.7. The molecule has 0 atom stereocenters. The maximum Gasteiger partial charge on any atom is 0.123 e. The number of ether oxygens (including phenoxy) is 1. The minimum absolute atomic E-state index is 0.0182. The molecule has 0 saturated carbocycles. The van der Waals surface area contributed by atoms with Crippen molar-refractivity contribution in [2.75, 3.05) is 0 Å².